The van der Waals surface area contributed by atoms with Crippen LogP contribution in [0.25, 0.3) is 10.8 Å². The van der Waals surface area contributed by atoms with Crippen LogP contribution in [0.15, 0.2) is 53.9 Å². The highest BCUT2D eigenvalue weighted by atomic mass is 16.3. The van der Waals surface area contributed by atoms with Crippen molar-refractivity contribution in [2.45, 2.75) is 19.4 Å². The van der Waals surface area contributed by atoms with Gasteiger partial charge in [0.15, 0.2) is 0 Å². The molecule has 0 spiro atoms. The molecule has 0 bridgehead atoms. The Morgan fingerprint density at radius 2 is 1.79 bits per heavy atom. The van der Waals surface area contributed by atoms with E-state index in [9.17, 15) is 5.11 Å². The maximum atomic E-state index is 11.0. The van der Waals surface area contributed by atoms with E-state index in [-0.39, 0.29) is 0 Å². The molecule has 3 rings (SSSR count). The highest BCUT2D eigenvalue weighted by Crippen LogP contribution is 2.34. The van der Waals surface area contributed by atoms with Crippen LogP contribution in [0.5, 0.6) is 0 Å². The van der Waals surface area contributed by atoms with E-state index < -0.39 is 5.60 Å². The predicted octanol–water partition coefficient (Wildman–Crippen LogP) is 2.43. The number of hydrogen-bond donors (Lipinski definition) is 3. The lowest BCUT2D eigenvalue weighted by Crippen LogP contribution is -2.31. The van der Waals surface area contributed by atoms with Crippen molar-refractivity contribution in [3.05, 3.63) is 59.4 Å². The zero-order valence-electron chi connectivity index (χ0n) is 11.2. The molecular weight excluding hydrogens is 236 g/mol. The van der Waals surface area contributed by atoms with Gasteiger partial charge in [0, 0.05) is 5.70 Å². The van der Waals surface area contributed by atoms with Crippen molar-refractivity contribution < 1.29 is 5.11 Å². The number of benzene rings is 2. The summed E-state index contributed by atoms with van der Waals surface area (Å²) in [7, 11) is 0. The summed E-state index contributed by atoms with van der Waals surface area (Å²) in [6.45, 7) is 4.49. The average Bonchev–Trinajstić information content (AvgIpc) is 2.85. The molecule has 0 saturated carbocycles. The molecule has 0 aliphatic carbocycles. The third kappa shape index (κ3) is 1.87. The van der Waals surface area contributed by atoms with Crippen LogP contribution in [0.3, 0.4) is 0 Å². The van der Waals surface area contributed by atoms with Crippen molar-refractivity contribution >= 4 is 10.8 Å². The molecule has 1 aliphatic heterocycles. The molecule has 1 aliphatic rings. The molecule has 1 atom stereocenters. The van der Waals surface area contributed by atoms with Gasteiger partial charge in [0.2, 0.25) is 0 Å². The van der Waals surface area contributed by atoms with Crippen molar-refractivity contribution in [2.75, 3.05) is 6.67 Å². The molecule has 3 heteroatoms. The van der Waals surface area contributed by atoms with E-state index >= 15 is 0 Å². The maximum absolute atomic E-state index is 11.0. The molecular formula is C16H18N2O. The van der Waals surface area contributed by atoms with Gasteiger partial charge in [-0.3, -0.25) is 0 Å². The van der Waals surface area contributed by atoms with Crippen LogP contribution in [0.2, 0.25) is 0 Å². The first-order valence-electron chi connectivity index (χ1n) is 6.50. The Kier molecular flexibility index (Phi) is 2.72. The van der Waals surface area contributed by atoms with E-state index in [0.29, 0.717) is 6.67 Å². The quantitative estimate of drug-likeness (QED) is 0.771. The fourth-order valence-corrected chi connectivity index (χ4v) is 2.81. The van der Waals surface area contributed by atoms with Crippen molar-refractivity contribution in [3.8, 4) is 0 Å². The minimum Gasteiger partial charge on any atom is -0.379 e. The van der Waals surface area contributed by atoms with Gasteiger partial charge in [-0.15, -0.1) is 0 Å². The van der Waals surface area contributed by atoms with E-state index in [2.05, 4.69) is 28.8 Å². The zero-order valence-corrected chi connectivity index (χ0v) is 11.2. The summed E-state index contributed by atoms with van der Waals surface area (Å²) >= 11 is 0. The molecule has 98 valence electrons. The van der Waals surface area contributed by atoms with Crippen LogP contribution in [0.4, 0.5) is 0 Å². The molecule has 0 radical (unpaired) electrons. The summed E-state index contributed by atoms with van der Waals surface area (Å²) in [5, 5.41) is 19.7. The van der Waals surface area contributed by atoms with Crippen LogP contribution in [-0.2, 0) is 5.60 Å². The smallest absolute Gasteiger partial charge is 0.128 e. The van der Waals surface area contributed by atoms with Crippen molar-refractivity contribution in [2.24, 2.45) is 0 Å². The largest absolute Gasteiger partial charge is 0.379 e. The Hall–Kier alpha value is -2.00. The first-order valence-corrected chi connectivity index (χ1v) is 6.50. The highest BCUT2D eigenvalue weighted by Gasteiger charge is 2.33. The van der Waals surface area contributed by atoms with E-state index in [1.54, 1.807) is 0 Å². The lowest BCUT2D eigenvalue weighted by Gasteiger charge is -2.27. The summed E-state index contributed by atoms with van der Waals surface area (Å²) in [5.41, 5.74) is 1.76. The molecule has 2 aromatic rings. The Morgan fingerprint density at radius 1 is 1.05 bits per heavy atom. The van der Waals surface area contributed by atoms with Crippen molar-refractivity contribution in [3.63, 3.8) is 0 Å². The van der Waals surface area contributed by atoms with Gasteiger partial charge in [0.05, 0.1) is 12.4 Å². The third-order valence-corrected chi connectivity index (χ3v) is 3.79. The molecule has 2 aromatic carbocycles. The standard InChI is InChI=1S/C16H18N2O/c1-11-15(18-10-17-11)16(2,19)14-9-5-7-12-6-3-4-8-13(12)14/h3-9,17-19H,10H2,1-2H3. The fourth-order valence-electron chi connectivity index (χ4n) is 2.81. The lowest BCUT2D eigenvalue weighted by molar-refractivity contribution is 0.0922. The second-order valence-electron chi connectivity index (χ2n) is 5.13. The number of allylic oxidation sites excluding steroid dienone is 1. The summed E-state index contributed by atoms with van der Waals surface area (Å²) in [6, 6.07) is 14.2. The van der Waals surface area contributed by atoms with Gasteiger partial charge < -0.3 is 15.7 Å². The second-order valence-corrected chi connectivity index (χ2v) is 5.13. The van der Waals surface area contributed by atoms with Gasteiger partial charge in [-0.25, -0.2) is 0 Å². The zero-order chi connectivity index (χ0) is 13.5. The minimum atomic E-state index is -1.02. The van der Waals surface area contributed by atoms with E-state index in [0.717, 1.165) is 27.7 Å². The maximum Gasteiger partial charge on any atom is 0.128 e. The summed E-state index contributed by atoms with van der Waals surface area (Å²) in [5.74, 6) is 0. The Balaban J connectivity index is 2.21. The fraction of sp³-hybridized carbons (Fsp3) is 0.250. The normalized spacial score (nSPS) is 18.1. The highest BCUT2D eigenvalue weighted by molar-refractivity contribution is 5.86. The second kappa shape index (κ2) is 4.28. The van der Waals surface area contributed by atoms with Crippen molar-refractivity contribution in [1.29, 1.82) is 0 Å². The SMILES string of the molecule is CC1=C(C(C)(O)c2cccc3ccccc23)NCN1. The van der Waals surface area contributed by atoms with Gasteiger partial charge in [0.25, 0.3) is 0 Å². The van der Waals surface area contributed by atoms with Gasteiger partial charge in [-0.05, 0) is 30.2 Å². The summed E-state index contributed by atoms with van der Waals surface area (Å²) < 4.78 is 0. The molecule has 1 unspecified atom stereocenters. The Bertz CT molecular complexity index is 653. The minimum absolute atomic E-state index is 0.669. The Morgan fingerprint density at radius 3 is 2.53 bits per heavy atom. The monoisotopic (exact) mass is 254 g/mol. The number of hydrogen-bond acceptors (Lipinski definition) is 3. The number of nitrogens with one attached hydrogen (secondary N) is 2. The number of fused-ring (bicyclic) bond motifs is 1. The third-order valence-electron chi connectivity index (χ3n) is 3.79. The molecule has 3 nitrogen and oxygen atoms in total. The van der Waals surface area contributed by atoms with Crippen LogP contribution in [0, 0.1) is 0 Å². The van der Waals surface area contributed by atoms with Crippen LogP contribution in [0.1, 0.15) is 19.4 Å². The Labute approximate surface area is 113 Å². The topological polar surface area (TPSA) is 44.3 Å². The molecule has 0 amide bonds. The van der Waals surface area contributed by atoms with Gasteiger partial charge >= 0.3 is 0 Å². The first-order chi connectivity index (χ1) is 9.10. The predicted molar refractivity (Wildman–Crippen MR) is 77.4 cm³/mol. The average molecular weight is 254 g/mol. The molecule has 0 saturated heterocycles. The van der Waals surface area contributed by atoms with E-state index in [1.165, 1.54) is 0 Å². The molecule has 0 aromatic heterocycles. The van der Waals surface area contributed by atoms with Crippen LogP contribution < -0.4 is 10.6 Å². The molecule has 0 fully saturated rings. The molecule has 1 heterocycles. The van der Waals surface area contributed by atoms with Crippen LogP contribution >= 0.6 is 0 Å². The van der Waals surface area contributed by atoms with E-state index in [4.69, 9.17) is 0 Å². The lowest BCUT2D eigenvalue weighted by atomic mass is 9.87. The van der Waals surface area contributed by atoms with Crippen molar-refractivity contribution in [1.82, 2.24) is 10.6 Å². The van der Waals surface area contributed by atoms with Crippen LogP contribution in [-0.4, -0.2) is 11.8 Å². The molecule has 3 N–H and O–H groups in total. The summed E-state index contributed by atoms with van der Waals surface area (Å²) in [4.78, 5) is 0. The first kappa shape index (κ1) is 12.1. The van der Waals surface area contributed by atoms with Gasteiger partial charge in [-0.1, -0.05) is 42.5 Å². The van der Waals surface area contributed by atoms with Gasteiger partial charge in [-0.2, -0.15) is 0 Å². The van der Waals surface area contributed by atoms with E-state index in [1.807, 2.05) is 38.1 Å². The summed E-state index contributed by atoms with van der Waals surface area (Å²) in [6.07, 6.45) is 0. The molecule has 19 heavy (non-hydrogen) atoms. The number of aliphatic hydroxyl groups is 1. The van der Waals surface area contributed by atoms with Gasteiger partial charge in [0.1, 0.15) is 5.60 Å². The number of rotatable bonds is 2.